The van der Waals surface area contributed by atoms with Crippen molar-refractivity contribution in [2.24, 2.45) is 11.3 Å². The maximum atomic E-state index is 3.72. The number of hydrogen-bond acceptors (Lipinski definition) is 3. The zero-order chi connectivity index (χ0) is 15.2. The second kappa shape index (κ2) is 8.65. The summed E-state index contributed by atoms with van der Waals surface area (Å²) in [6, 6.07) is 1.28. The van der Waals surface area contributed by atoms with Crippen LogP contribution in [0.1, 0.15) is 53.4 Å². The molecule has 1 aliphatic rings. The third-order valence-electron chi connectivity index (χ3n) is 4.97. The van der Waals surface area contributed by atoms with E-state index in [1.54, 1.807) is 0 Å². The summed E-state index contributed by atoms with van der Waals surface area (Å²) >= 11 is 1.96. The highest BCUT2D eigenvalue weighted by atomic mass is 32.2. The molecule has 2 nitrogen and oxygen atoms in total. The molecule has 1 fully saturated rings. The second-order valence-electron chi connectivity index (χ2n) is 7.44. The molecule has 0 heterocycles. The van der Waals surface area contributed by atoms with Crippen LogP contribution in [0.3, 0.4) is 0 Å². The number of rotatable bonds is 8. The van der Waals surface area contributed by atoms with Gasteiger partial charge in [0.1, 0.15) is 0 Å². The molecule has 1 saturated carbocycles. The lowest BCUT2D eigenvalue weighted by atomic mass is 9.70. The molecule has 1 rings (SSSR count). The minimum Gasteiger partial charge on any atom is -0.314 e. The topological polar surface area (TPSA) is 15.3 Å². The van der Waals surface area contributed by atoms with Crippen molar-refractivity contribution < 1.29 is 0 Å². The quantitative estimate of drug-likeness (QED) is 0.732. The monoisotopic (exact) mass is 300 g/mol. The average Bonchev–Trinajstić information content (AvgIpc) is 2.40. The van der Waals surface area contributed by atoms with Crippen LogP contribution in [0.4, 0.5) is 0 Å². The number of thioether (sulfide) groups is 1. The van der Waals surface area contributed by atoms with E-state index in [-0.39, 0.29) is 0 Å². The maximum Gasteiger partial charge on any atom is 0.0155 e. The summed E-state index contributed by atoms with van der Waals surface area (Å²) < 4.78 is 0. The standard InChI is InChI=1S/C17H36N2S/c1-14(2)18-12-17(9-7-15(3)8-10-17)13-19(5)16(4)11-20-6/h14-16,18H,7-13H2,1-6H3. The summed E-state index contributed by atoms with van der Waals surface area (Å²) in [5.74, 6) is 2.16. The molecule has 1 unspecified atom stereocenters. The highest BCUT2D eigenvalue weighted by Crippen LogP contribution is 2.39. The predicted octanol–water partition coefficient (Wildman–Crippen LogP) is 3.86. The van der Waals surface area contributed by atoms with E-state index in [4.69, 9.17) is 0 Å². The van der Waals surface area contributed by atoms with E-state index < -0.39 is 0 Å². The number of hydrogen-bond donors (Lipinski definition) is 1. The Morgan fingerprint density at radius 3 is 2.35 bits per heavy atom. The molecule has 0 aromatic rings. The van der Waals surface area contributed by atoms with Gasteiger partial charge in [-0.25, -0.2) is 0 Å². The van der Waals surface area contributed by atoms with Crippen molar-refractivity contribution in [2.75, 3.05) is 32.1 Å². The van der Waals surface area contributed by atoms with Gasteiger partial charge in [-0.2, -0.15) is 11.8 Å². The Morgan fingerprint density at radius 1 is 1.25 bits per heavy atom. The van der Waals surface area contributed by atoms with Gasteiger partial charge in [-0.1, -0.05) is 33.6 Å². The molecular formula is C17H36N2S. The van der Waals surface area contributed by atoms with Gasteiger partial charge in [0.2, 0.25) is 0 Å². The minimum absolute atomic E-state index is 0.498. The molecule has 0 aromatic carbocycles. The molecule has 0 amide bonds. The number of nitrogens with zero attached hydrogens (tertiary/aromatic N) is 1. The SMILES string of the molecule is CSCC(C)N(C)CC1(CNC(C)C)CCC(C)CC1. The lowest BCUT2D eigenvalue weighted by molar-refractivity contribution is 0.0846. The van der Waals surface area contributed by atoms with Crippen molar-refractivity contribution in [3.8, 4) is 0 Å². The Morgan fingerprint density at radius 2 is 1.85 bits per heavy atom. The first-order valence-corrected chi connectivity index (χ1v) is 9.70. The van der Waals surface area contributed by atoms with Gasteiger partial charge in [-0.05, 0) is 44.4 Å². The van der Waals surface area contributed by atoms with Gasteiger partial charge in [0.25, 0.3) is 0 Å². The molecule has 1 N–H and O–H groups in total. The molecule has 1 aliphatic carbocycles. The van der Waals surface area contributed by atoms with E-state index >= 15 is 0 Å². The molecule has 0 aromatic heterocycles. The van der Waals surface area contributed by atoms with Crippen LogP contribution >= 0.6 is 11.8 Å². The lowest BCUT2D eigenvalue weighted by Gasteiger charge is -2.44. The van der Waals surface area contributed by atoms with Crippen LogP contribution in [-0.2, 0) is 0 Å². The Bertz CT molecular complexity index is 260. The summed E-state index contributed by atoms with van der Waals surface area (Å²) in [4.78, 5) is 2.59. The van der Waals surface area contributed by atoms with Crippen molar-refractivity contribution in [1.82, 2.24) is 10.2 Å². The molecule has 0 spiro atoms. The van der Waals surface area contributed by atoms with Crippen LogP contribution in [-0.4, -0.2) is 49.1 Å². The third kappa shape index (κ3) is 5.95. The van der Waals surface area contributed by atoms with Crippen molar-refractivity contribution >= 4 is 11.8 Å². The van der Waals surface area contributed by atoms with Gasteiger partial charge >= 0.3 is 0 Å². The summed E-state index contributed by atoms with van der Waals surface area (Å²) in [7, 11) is 2.32. The highest BCUT2D eigenvalue weighted by molar-refractivity contribution is 7.98. The van der Waals surface area contributed by atoms with Crippen LogP contribution < -0.4 is 5.32 Å². The molecule has 0 saturated heterocycles. The zero-order valence-corrected chi connectivity index (χ0v) is 15.4. The van der Waals surface area contributed by atoms with Gasteiger partial charge in [0.15, 0.2) is 0 Å². The Labute approximate surface area is 131 Å². The summed E-state index contributed by atoms with van der Waals surface area (Å²) in [6.45, 7) is 11.7. The zero-order valence-electron chi connectivity index (χ0n) is 14.5. The highest BCUT2D eigenvalue weighted by Gasteiger charge is 2.35. The molecule has 1 atom stereocenters. The molecular weight excluding hydrogens is 264 g/mol. The minimum atomic E-state index is 0.498. The van der Waals surface area contributed by atoms with Crippen molar-refractivity contribution in [3.05, 3.63) is 0 Å². The molecule has 0 aliphatic heterocycles. The van der Waals surface area contributed by atoms with Gasteiger partial charge in [0.05, 0.1) is 0 Å². The van der Waals surface area contributed by atoms with E-state index in [9.17, 15) is 0 Å². The van der Waals surface area contributed by atoms with Crippen molar-refractivity contribution in [3.63, 3.8) is 0 Å². The largest absolute Gasteiger partial charge is 0.314 e. The van der Waals surface area contributed by atoms with Gasteiger partial charge in [0, 0.05) is 30.9 Å². The summed E-state index contributed by atoms with van der Waals surface area (Å²) in [5.41, 5.74) is 0.498. The number of nitrogens with one attached hydrogen (secondary N) is 1. The van der Waals surface area contributed by atoms with Crippen molar-refractivity contribution in [2.45, 2.75) is 65.5 Å². The lowest BCUT2D eigenvalue weighted by Crippen LogP contribution is -2.48. The fourth-order valence-corrected chi connectivity index (χ4v) is 3.98. The molecule has 3 heteroatoms. The van der Waals surface area contributed by atoms with Gasteiger partial charge in [-0.15, -0.1) is 0 Å². The van der Waals surface area contributed by atoms with E-state index in [2.05, 4.69) is 51.2 Å². The first-order valence-electron chi connectivity index (χ1n) is 8.31. The molecule has 120 valence electrons. The summed E-state index contributed by atoms with van der Waals surface area (Å²) in [6.07, 6.45) is 7.81. The summed E-state index contributed by atoms with van der Waals surface area (Å²) in [5, 5.41) is 3.72. The first-order chi connectivity index (χ1) is 9.38. The third-order valence-corrected chi connectivity index (χ3v) is 5.78. The van der Waals surface area contributed by atoms with E-state index in [0.29, 0.717) is 17.5 Å². The smallest absolute Gasteiger partial charge is 0.0155 e. The first kappa shape index (κ1) is 18.3. The van der Waals surface area contributed by atoms with Crippen LogP contribution in [0, 0.1) is 11.3 Å². The van der Waals surface area contributed by atoms with Crippen LogP contribution in [0.25, 0.3) is 0 Å². The van der Waals surface area contributed by atoms with Gasteiger partial charge in [-0.3, -0.25) is 0 Å². The van der Waals surface area contributed by atoms with E-state index in [1.807, 2.05) is 11.8 Å². The predicted molar refractivity (Wildman–Crippen MR) is 93.7 cm³/mol. The molecule has 0 radical (unpaired) electrons. The van der Waals surface area contributed by atoms with Crippen molar-refractivity contribution in [1.29, 1.82) is 0 Å². The fourth-order valence-electron chi connectivity index (χ4n) is 3.24. The average molecular weight is 301 g/mol. The van der Waals surface area contributed by atoms with Crippen LogP contribution in [0.2, 0.25) is 0 Å². The Balaban J connectivity index is 2.62. The molecule has 20 heavy (non-hydrogen) atoms. The van der Waals surface area contributed by atoms with Gasteiger partial charge < -0.3 is 10.2 Å². The molecule has 0 bridgehead atoms. The van der Waals surface area contributed by atoms with Crippen LogP contribution in [0.5, 0.6) is 0 Å². The fraction of sp³-hybridized carbons (Fsp3) is 1.00. The van der Waals surface area contributed by atoms with E-state index in [1.165, 1.54) is 44.5 Å². The van der Waals surface area contributed by atoms with E-state index in [0.717, 1.165) is 5.92 Å². The Kier molecular flexibility index (Phi) is 7.92. The van der Waals surface area contributed by atoms with Crippen LogP contribution in [0.15, 0.2) is 0 Å². The second-order valence-corrected chi connectivity index (χ2v) is 8.35. The maximum absolute atomic E-state index is 3.72. The normalized spacial score (nSPS) is 29.1. The Hall–Kier alpha value is 0.270.